The van der Waals surface area contributed by atoms with Crippen LogP contribution in [-0.2, 0) is 0 Å². The van der Waals surface area contributed by atoms with E-state index in [1.165, 1.54) is 6.07 Å². The summed E-state index contributed by atoms with van der Waals surface area (Å²) in [5.41, 5.74) is 0.596. The third-order valence-electron chi connectivity index (χ3n) is 2.20. The van der Waals surface area contributed by atoms with Crippen LogP contribution >= 0.6 is 23.4 Å². The molecule has 76 valence electrons. The van der Waals surface area contributed by atoms with Gasteiger partial charge in [-0.25, -0.2) is 4.39 Å². The highest BCUT2D eigenvalue weighted by Gasteiger charge is 2.20. The van der Waals surface area contributed by atoms with E-state index in [9.17, 15) is 4.39 Å². The summed E-state index contributed by atoms with van der Waals surface area (Å²) in [5, 5.41) is 3.78. The van der Waals surface area contributed by atoms with Crippen LogP contribution in [0.5, 0.6) is 0 Å². The fourth-order valence-electron chi connectivity index (χ4n) is 1.51. The monoisotopic (exact) mass is 231 g/mol. The van der Waals surface area contributed by atoms with Crippen LogP contribution in [-0.4, -0.2) is 12.3 Å². The predicted octanol–water partition coefficient (Wildman–Crippen LogP) is 3.20. The lowest BCUT2D eigenvalue weighted by atomic mass is 10.2. The number of halogens is 2. The normalized spacial score (nSPS) is 22.3. The standard InChI is InChI=1S/C10H11ClFNS/c11-7-3-1-4-8(12)9(7)10-13-5-2-6-14-10/h1,3-4,10,13H,2,5-6H2. The van der Waals surface area contributed by atoms with Gasteiger partial charge in [0.1, 0.15) is 5.82 Å². The molecule has 1 nitrogen and oxygen atoms in total. The predicted molar refractivity (Wildman–Crippen MR) is 59.2 cm³/mol. The topological polar surface area (TPSA) is 12.0 Å². The number of hydrogen-bond acceptors (Lipinski definition) is 2. The molecule has 1 aromatic rings. The zero-order chi connectivity index (χ0) is 9.97. The molecule has 1 heterocycles. The Morgan fingerprint density at radius 1 is 1.50 bits per heavy atom. The molecular formula is C10H11ClFNS. The maximum absolute atomic E-state index is 13.5. The van der Waals surface area contributed by atoms with Crippen molar-refractivity contribution in [3.63, 3.8) is 0 Å². The van der Waals surface area contributed by atoms with Crippen LogP contribution in [0.3, 0.4) is 0 Å². The van der Waals surface area contributed by atoms with Crippen LogP contribution in [0, 0.1) is 5.82 Å². The van der Waals surface area contributed by atoms with Gasteiger partial charge in [-0.1, -0.05) is 17.7 Å². The molecule has 0 aliphatic carbocycles. The van der Waals surface area contributed by atoms with Crippen molar-refractivity contribution in [1.82, 2.24) is 5.32 Å². The minimum Gasteiger partial charge on any atom is -0.301 e. The molecule has 1 aliphatic heterocycles. The lowest BCUT2D eigenvalue weighted by Gasteiger charge is -2.24. The van der Waals surface area contributed by atoms with Crippen LogP contribution < -0.4 is 5.32 Å². The van der Waals surface area contributed by atoms with Gasteiger partial charge >= 0.3 is 0 Å². The van der Waals surface area contributed by atoms with Gasteiger partial charge in [-0.05, 0) is 30.9 Å². The van der Waals surface area contributed by atoms with E-state index in [0.29, 0.717) is 10.6 Å². The summed E-state index contributed by atoms with van der Waals surface area (Å²) in [6, 6.07) is 4.82. The summed E-state index contributed by atoms with van der Waals surface area (Å²) in [6.07, 6.45) is 1.13. The molecule has 1 saturated heterocycles. The summed E-state index contributed by atoms with van der Waals surface area (Å²) in [6.45, 7) is 0.933. The Labute approximate surface area is 92.0 Å². The van der Waals surface area contributed by atoms with E-state index in [-0.39, 0.29) is 11.2 Å². The molecule has 0 spiro atoms. The molecule has 0 bridgehead atoms. The van der Waals surface area contributed by atoms with Crippen molar-refractivity contribution in [3.8, 4) is 0 Å². The van der Waals surface area contributed by atoms with Gasteiger partial charge in [0.2, 0.25) is 0 Å². The van der Waals surface area contributed by atoms with E-state index in [1.807, 2.05) is 0 Å². The van der Waals surface area contributed by atoms with E-state index in [2.05, 4.69) is 5.32 Å². The molecule has 4 heteroatoms. The average Bonchev–Trinajstić information content (AvgIpc) is 2.19. The highest BCUT2D eigenvalue weighted by molar-refractivity contribution is 7.99. The lowest BCUT2D eigenvalue weighted by Crippen LogP contribution is -2.26. The number of benzene rings is 1. The SMILES string of the molecule is Fc1cccc(Cl)c1C1NCCCS1. The summed E-state index contributed by atoms with van der Waals surface area (Å²) in [7, 11) is 0. The van der Waals surface area contributed by atoms with E-state index in [4.69, 9.17) is 11.6 Å². The molecule has 1 aromatic carbocycles. The van der Waals surface area contributed by atoms with Gasteiger partial charge in [0.25, 0.3) is 0 Å². The van der Waals surface area contributed by atoms with Gasteiger partial charge in [0, 0.05) is 10.6 Å². The minimum atomic E-state index is -0.218. The highest BCUT2D eigenvalue weighted by Crippen LogP contribution is 2.35. The summed E-state index contributed by atoms with van der Waals surface area (Å²) in [4.78, 5) is 0. The van der Waals surface area contributed by atoms with Crippen LogP contribution in [0.4, 0.5) is 4.39 Å². The third-order valence-corrected chi connectivity index (χ3v) is 3.79. The maximum Gasteiger partial charge on any atom is 0.130 e. The second-order valence-corrected chi connectivity index (χ2v) is 4.81. The fraction of sp³-hybridized carbons (Fsp3) is 0.400. The quantitative estimate of drug-likeness (QED) is 0.797. The second kappa shape index (κ2) is 4.51. The number of rotatable bonds is 1. The van der Waals surface area contributed by atoms with Crippen LogP contribution in [0.15, 0.2) is 18.2 Å². The molecular weight excluding hydrogens is 221 g/mol. The van der Waals surface area contributed by atoms with E-state index < -0.39 is 0 Å². The molecule has 1 aliphatic rings. The minimum absolute atomic E-state index is 0.0115. The van der Waals surface area contributed by atoms with Crippen molar-refractivity contribution < 1.29 is 4.39 Å². The van der Waals surface area contributed by atoms with Crippen molar-refractivity contribution >= 4 is 23.4 Å². The molecule has 2 rings (SSSR count). The van der Waals surface area contributed by atoms with Crippen molar-refractivity contribution in [2.45, 2.75) is 11.8 Å². The van der Waals surface area contributed by atoms with Gasteiger partial charge in [-0.15, -0.1) is 11.8 Å². The fourth-order valence-corrected chi connectivity index (χ4v) is 3.04. The largest absolute Gasteiger partial charge is 0.301 e. The van der Waals surface area contributed by atoms with Gasteiger partial charge in [-0.2, -0.15) is 0 Å². The molecule has 14 heavy (non-hydrogen) atoms. The van der Waals surface area contributed by atoms with Gasteiger partial charge < -0.3 is 5.32 Å². The summed E-state index contributed by atoms with van der Waals surface area (Å²) >= 11 is 7.68. The molecule has 1 fully saturated rings. The number of hydrogen-bond donors (Lipinski definition) is 1. The van der Waals surface area contributed by atoms with E-state index in [1.54, 1.807) is 23.9 Å². The van der Waals surface area contributed by atoms with Gasteiger partial charge in [-0.3, -0.25) is 0 Å². The van der Waals surface area contributed by atoms with Crippen LogP contribution in [0.25, 0.3) is 0 Å². The Kier molecular flexibility index (Phi) is 3.31. The summed E-state index contributed by atoms with van der Waals surface area (Å²) in [5.74, 6) is 0.840. The van der Waals surface area contributed by atoms with Crippen LogP contribution in [0.2, 0.25) is 5.02 Å². The first kappa shape index (κ1) is 10.3. The Balaban J connectivity index is 2.29. The van der Waals surface area contributed by atoms with E-state index in [0.717, 1.165) is 18.7 Å². The lowest BCUT2D eigenvalue weighted by molar-refractivity contribution is 0.574. The number of nitrogens with one attached hydrogen (secondary N) is 1. The van der Waals surface area contributed by atoms with E-state index >= 15 is 0 Å². The van der Waals surface area contributed by atoms with Gasteiger partial charge in [0.05, 0.1) is 5.37 Å². The zero-order valence-corrected chi connectivity index (χ0v) is 9.17. The van der Waals surface area contributed by atoms with Gasteiger partial charge in [0.15, 0.2) is 0 Å². The molecule has 0 aromatic heterocycles. The molecule has 0 radical (unpaired) electrons. The first-order valence-corrected chi connectivity index (χ1v) is 6.00. The van der Waals surface area contributed by atoms with Crippen molar-refractivity contribution in [1.29, 1.82) is 0 Å². The Hall–Kier alpha value is -0.250. The first-order valence-electron chi connectivity index (χ1n) is 4.58. The van der Waals surface area contributed by atoms with Crippen molar-refractivity contribution in [3.05, 3.63) is 34.6 Å². The molecule has 1 atom stereocenters. The highest BCUT2D eigenvalue weighted by atomic mass is 35.5. The van der Waals surface area contributed by atoms with Crippen LogP contribution in [0.1, 0.15) is 17.4 Å². The molecule has 0 saturated carbocycles. The molecule has 0 amide bonds. The third kappa shape index (κ3) is 2.05. The maximum atomic E-state index is 13.5. The first-order chi connectivity index (χ1) is 6.79. The smallest absolute Gasteiger partial charge is 0.130 e. The molecule has 1 unspecified atom stereocenters. The van der Waals surface area contributed by atoms with Crippen molar-refractivity contribution in [2.24, 2.45) is 0 Å². The molecule has 1 N–H and O–H groups in total. The van der Waals surface area contributed by atoms with Crippen molar-refractivity contribution in [2.75, 3.05) is 12.3 Å². The Morgan fingerprint density at radius 3 is 3.00 bits per heavy atom. The number of thioether (sulfide) groups is 1. The Bertz CT molecular complexity index is 306. The summed E-state index contributed by atoms with van der Waals surface area (Å²) < 4.78 is 13.5. The zero-order valence-electron chi connectivity index (χ0n) is 7.59. The second-order valence-electron chi connectivity index (χ2n) is 3.19. The Morgan fingerprint density at radius 2 is 2.36 bits per heavy atom. The average molecular weight is 232 g/mol.